The number of nitrogens with one attached hydrogen (secondary N) is 1. The summed E-state index contributed by atoms with van der Waals surface area (Å²) in [4.78, 5) is 24.9. The Morgan fingerprint density at radius 3 is 2.21 bits per heavy atom. The number of amides is 1. The summed E-state index contributed by atoms with van der Waals surface area (Å²) in [5.41, 5.74) is 2.80. The predicted octanol–water partition coefficient (Wildman–Crippen LogP) is 5.62. The highest BCUT2D eigenvalue weighted by Crippen LogP contribution is 2.21. The summed E-state index contributed by atoms with van der Waals surface area (Å²) < 4.78 is 5.39. The van der Waals surface area contributed by atoms with Gasteiger partial charge >= 0.3 is 5.97 Å². The van der Waals surface area contributed by atoms with Gasteiger partial charge < -0.3 is 10.1 Å². The summed E-state index contributed by atoms with van der Waals surface area (Å²) in [6.07, 6.45) is 0. The Balaban J connectivity index is 1.46. The second kappa shape index (κ2) is 7.98. The lowest BCUT2D eigenvalue weighted by atomic mass is 10.0. The third kappa shape index (κ3) is 4.17. The lowest BCUT2D eigenvalue weighted by molar-refractivity contribution is 0.0734. The van der Waals surface area contributed by atoms with Gasteiger partial charge in [-0.2, -0.15) is 0 Å². The number of carbonyl (C=O) groups excluding carboxylic acids is 2. The van der Waals surface area contributed by atoms with Crippen molar-refractivity contribution < 1.29 is 14.3 Å². The molecule has 0 radical (unpaired) electrons. The van der Waals surface area contributed by atoms with E-state index in [1.165, 1.54) is 0 Å². The van der Waals surface area contributed by atoms with E-state index >= 15 is 0 Å². The molecule has 4 heteroatoms. The van der Waals surface area contributed by atoms with Gasteiger partial charge in [-0.05, 0) is 60.2 Å². The molecule has 0 aliphatic rings. The molecule has 0 spiro atoms. The Hall–Kier alpha value is -3.92. The quantitative estimate of drug-likeness (QED) is 0.369. The van der Waals surface area contributed by atoms with Crippen LogP contribution in [0.3, 0.4) is 0 Å². The molecule has 0 heterocycles. The van der Waals surface area contributed by atoms with E-state index in [9.17, 15) is 9.59 Å². The van der Waals surface area contributed by atoms with Crippen LogP contribution in [0, 0.1) is 6.92 Å². The fraction of sp³-hybridized carbons (Fsp3) is 0.0400. The number of hydrogen-bond acceptors (Lipinski definition) is 3. The average Bonchev–Trinajstić information content (AvgIpc) is 2.75. The molecular formula is C25H19NO3. The number of anilines is 1. The molecule has 0 fully saturated rings. The number of rotatable bonds is 4. The Morgan fingerprint density at radius 2 is 1.45 bits per heavy atom. The van der Waals surface area contributed by atoms with Crippen molar-refractivity contribution in [3.05, 3.63) is 108 Å². The molecule has 1 amide bonds. The molecule has 0 unspecified atom stereocenters. The van der Waals surface area contributed by atoms with Gasteiger partial charge in [-0.25, -0.2) is 4.79 Å². The minimum Gasteiger partial charge on any atom is -0.423 e. The van der Waals surface area contributed by atoms with Crippen molar-refractivity contribution >= 4 is 28.3 Å². The van der Waals surface area contributed by atoms with Crippen LogP contribution < -0.4 is 10.1 Å². The smallest absolute Gasteiger partial charge is 0.343 e. The topological polar surface area (TPSA) is 55.4 Å². The molecular weight excluding hydrogens is 362 g/mol. The van der Waals surface area contributed by atoms with E-state index in [0.717, 1.165) is 16.3 Å². The molecule has 1 N–H and O–H groups in total. The first-order valence-corrected chi connectivity index (χ1v) is 9.28. The van der Waals surface area contributed by atoms with Crippen molar-refractivity contribution in [3.63, 3.8) is 0 Å². The fourth-order valence-corrected chi connectivity index (χ4v) is 3.08. The first-order valence-electron chi connectivity index (χ1n) is 9.28. The number of benzene rings is 4. The summed E-state index contributed by atoms with van der Waals surface area (Å²) in [5, 5.41) is 4.80. The van der Waals surface area contributed by atoms with E-state index in [1.807, 2.05) is 55.5 Å². The first kappa shape index (κ1) is 18.4. The van der Waals surface area contributed by atoms with E-state index in [0.29, 0.717) is 22.6 Å². The molecule has 0 aromatic heterocycles. The number of esters is 1. The highest BCUT2D eigenvalue weighted by atomic mass is 16.5. The van der Waals surface area contributed by atoms with E-state index in [1.54, 1.807) is 42.5 Å². The van der Waals surface area contributed by atoms with Crippen molar-refractivity contribution in [1.82, 2.24) is 0 Å². The van der Waals surface area contributed by atoms with Crippen molar-refractivity contribution in [1.29, 1.82) is 0 Å². The lowest BCUT2D eigenvalue weighted by Crippen LogP contribution is -2.12. The largest absolute Gasteiger partial charge is 0.423 e. The minimum atomic E-state index is -0.419. The van der Waals surface area contributed by atoms with Gasteiger partial charge in [0.25, 0.3) is 5.91 Å². The second-order valence-corrected chi connectivity index (χ2v) is 6.76. The second-order valence-electron chi connectivity index (χ2n) is 6.76. The molecule has 0 bridgehead atoms. The molecule has 4 rings (SSSR count). The SMILES string of the molecule is Cc1ccc(C(=O)Oc2ccc(NC(=O)c3cccc4ccccc34)cc2)cc1. The summed E-state index contributed by atoms with van der Waals surface area (Å²) in [6, 6.07) is 27.3. The number of fused-ring (bicyclic) bond motifs is 1. The molecule has 0 saturated carbocycles. The molecule has 142 valence electrons. The molecule has 4 aromatic carbocycles. The Bertz CT molecular complexity index is 1170. The maximum Gasteiger partial charge on any atom is 0.343 e. The summed E-state index contributed by atoms with van der Waals surface area (Å²) in [6.45, 7) is 1.96. The number of aryl methyl sites for hydroxylation is 1. The maximum absolute atomic E-state index is 12.7. The zero-order valence-electron chi connectivity index (χ0n) is 15.9. The fourth-order valence-electron chi connectivity index (χ4n) is 3.08. The van der Waals surface area contributed by atoms with Crippen LogP contribution in [0.2, 0.25) is 0 Å². The van der Waals surface area contributed by atoms with Crippen LogP contribution in [0.1, 0.15) is 26.3 Å². The van der Waals surface area contributed by atoms with Gasteiger partial charge in [-0.3, -0.25) is 4.79 Å². The van der Waals surface area contributed by atoms with Crippen LogP contribution in [-0.4, -0.2) is 11.9 Å². The molecule has 0 saturated heterocycles. The standard InChI is InChI=1S/C25H19NO3/c1-17-9-11-19(12-10-17)25(28)29-21-15-13-20(14-16-21)26-24(27)23-8-4-6-18-5-2-3-7-22(18)23/h2-16H,1H3,(H,26,27). The maximum atomic E-state index is 12.7. The molecule has 0 aliphatic heterocycles. The van der Waals surface area contributed by atoms with Gasteiger partial charge in [-0.1, -0.05) is 54.1 Å². The van der Waals surface area contributed by atoms with Crippen molar-refractivity contribution in [2.24, 2.45) is 0 Å². The van der Waals surface area contributed by atoms with E-state index in [2.05, 4.69) is 5.32 Å². The van der Waals surface area contributed by atoms with E-state index < -0.39 is 5.97 Å². The van der Waals surface area contributed by atoms with Crippen LogP contribution in [-0.2, 0) is 0 Å². The van der Waals surface area contributed by atoms with E-state index in [-0.39, 0.29) is 5.91 Å². The van der Waals surface area contributed by atoms with Crippen LogP contribution in [0.4, 0.5) is 5.69 Å². The van der Waals surface area contributed by atoms with Gasteiger partial charge in [0.05, 0.1) is 5.56 Å². The van der Waals surface area contributed by atoms with Crippen LogP contribution in [0.25, 0.3) is 10.8 Å². The van der Waals surface area contributed by atoms with Gasteiger partial charge in [0.2, 0.25) is 0 Å². The van der Waals surface area contributed by atoms with Crippen LogP contribution in [0.5, 0.6) is 5.75 Å². The first-order chi connectivity index (χ1) is 14.1. The van der Waals surface area contributed by atoms with Crippen molar-refractivity contribution in [2.45, 2.75) is 6.92 Å². The molecule has 0 aliphatic carbocycles. The average molecular weight is 381 g/mol. The minimum absolute atomic E-state index is 0.189. The van der Waals surface area contributed by atoms with Crippen LogP contribution >= 0.6 is 0 Å². The van der Waals surface area contributed by atoms with Gasteiger partial charge in [-0.15, -0.1) is 0 Å². The molecule has 4 aromatic rings. The van der Waals surface area contributed by atoms with Crippen LogP contribution in [0.15, 0.2) is 91.0 Å². The predicted molar refractivity (Wildman–Crippen MR) is 114 cm³/mol. The number of hydrogen-bond donors (Lipinski definition) is 1. The summed E-state index contributed by atoms with van der Waals surface area (Å²) >= 11 is 0. The number of carbonyl (C=O) groups is 2. The van der Waals surface area contributed by atoms with E-state index in [4.69, 9.17) is 4.74 Å². The third-order valence-corrected chi connectivity index (χ3v) is 4.64. The summed E-state index contributed by atoms with van der Waals surface area (Å²) in [7, 11) is 0. The zero-order chi connectivity index (χ0) is 20.2. The normalized spacial score (nSPS) is 10.5. The molecule has 4 nitrogen and oxygen atoms in total. The van der Waals surface area contributed by atoms with Gasteiger partial charge in [0, 0.05) is 11.3 Å². The third-order valence-electron chi connectivity index (χ3n) is 4.64. The Kier molecular flexibility index (Phi) is 5.08. The van der Waals surface area contributed by atoms with Gasteiger partial charge in [0.15, 0.2) is 0 Å². The zero-order valence-corrected chi connectivity index (χ0v) is 15.9. The van der Waals surface area contributed by atoms with Gasteiger partial charge in [0.1, 0.15) is 5.75 Å². The molecule has 29 heavy (non-hydrogen) atoms. The molecule has 0 atom stereocenters. The number of ether oxygens (including phenoxy) is 1. The Morgan fingerprint density at radius 1 is 0.759 bits per heavy atom. The van der Waals surface area contributed by atoms with Crippen molar-refractivity contribution in [3.8, 4) is 5.75 Å². The summed E-state index contributed by atoms with van der Waals surface area (Å²) in [5.74, 6) is -0.192. The highest BCUT2D eigenvalue weighted by Gasteiger charge is 2.11. The highest BCUT2D eigenvalue weighted by molar-refractivity contribution is 6.12. The monoisotopic (exact) mass is 381 g/mol. The van der Waals surface area contributed by atoms with Crippen molar-refractivity contribution in [2.75, 3.05) is 5.32 Å². The Labute approximate surface area is 168 Å². The lowest BCUT2D eigenvalue weighted by Gasteiger charge is -2.09.